The summed E-state index contributed by atoms with van der Waals surface area (Å²) in [5.74, 6) is 1.47. The summed E-state index contributed by atoms with van der Waals surface area (Å²) in [4.78, 5) is 12.3. The normalized spacial score (nSPS) is 25.0. The maximum Gasteiger partial charge on any atom is 0.223 e. The van der Waals surface area contributed by atoms with Crippen LogP contribution in [0.25, 0.3) is 0 Å². The summed E-state index contributed by atoms with van der Waals surface area (Å²) in [5.41, 5.74) is 5.80. The highest BCUT2D eigenvalue weighted by molar-refractivity contribution is 5.79. The number of hydrogen-bond donors (Lipinski definition) is 2. The second-order valence-corrected chi connectivity index (χ2v) is 6.05. The first-order chi connectivity index (χ1) is 9.22. The number of nitrogens with two attached hydrogens (primary N) is 1. The summed E-state index contributed by atoms with van der Waals surface area (Å²) in [6.45, 7) is 5.95. The van der Waals surface area contributed by atoms with Crippen molar-refractivity contribution in [3.05, 3.63) is 0 Å². The average molecular weight is 268 g/mol. The van der Waals surface area contributed by atoms with Gasteiger partial charge in [-0.15, -0.1) is 0 Å². The van der Waals surface area contributed by atoms with E-state index in [0.29, 0.717) is 18.4 Å². The molecular weight excluding hydrogens is 236 g/mol. The topological polar surface area (TPSA) is 55.1 Å². The molecule has 0 heterocycles. The van der Waals surface area contributed by atoms with E-state index in [4.69, 9.17) is 5.73 Å². The Labute approximate surface area is 118 Å². The second kappa shape index (κ2) is 9.35. The third-order valence-corrected chi connectivity index (χ3v) is 4.66. The Kier molecular flexibility index (Phi) is 8.11. The Morgan fingerprint density at radius 2 is 2.05 bits per heavy atom. The zero-order valence-corrected chi connectivity index (χ0v) is 12.8. The number of carbonyl (C=O) groups is 1. The average Bonchev–Trinajstić information content (AvgIpc) is 2.47. The van der Waals surface area contributed by atoms with E-state index in [1.165, 1.54) is 32.1 Å². The first-order valence-corrected chi connectivity index (χ1v) is 8.20. The van der Waals surface area contributed by atoms with Gasteiger partial charge in [0.25, 0.3) is 0 Å². The molecule has 0 aromatic carbocycles. The molecular formula is C16H32N2O. The molecule has 0 saturated heterocycles. The molecule has 112 valence electrons. The van der Waals surface area contributed by atoms with E-state index in [-0.39, 0.29) is 11.8 Å². The van der Waals surface area contributed by atoms with Crippen molar-refractivity contribution >= 4 is 5.91 Å². The minimum Gasteiger partial charge on any atom is -0.356 e. The number of carbonyl (C=O) groups excluding carboxylic acids is 1. The third kappa shape index (κ3) is 5.52. The summed E-state index contributed by atoms with van der Waals surface area (Å²) in [6.07, 6.45) is 9.47. The van der Waals surface area contributed by atoms with Gasteiger partial charge in [0.15, 0.2) is 0 Å². The molecule has 1 saturated carbocycles. The van der Waals surface area contributed by atoms with Crippen LogP contribution in [-0.2, 0) is 4.79 Å². The second-order valence-electron chi connectivity index (χ2n) is 6.05. The van der Waals surface area contributed by atoms with E-state index >= 15 is 0 Å². The van der Waals surface area contributed by atoms with Crippen LogP contribution in [0.1, 0.15) is 65.2 Å². The van der Waals surface area contributed by atoms with Gasteiger partial charge in [0.05, 0.1) is 0 Å². The molecule has 1 aliphatic rings. The van der Waals surface area contributed by atoms with Gasteiger partial charge in [-0.3, -0.25) is 4.79 Å². The van der Waals surface area contributed by atoms with Crippen LogP contribution >= 0.6 is 0 Å². The van der Waals surface area contributed by atoms with Crippen molar-refractivity contribution in [1.82, 2.24) is 5.32 Å². The van der Waals surface area contributed by atoms with E-state index in [0.717, 1.165) is 25.8 Å². The van der Waals surface area contributed by atoms with Crippen LogP contribution < -0.4 is 11.1 Å². The summed E-state index contributed by atoms with van der Waals surface area (Å²) in [6, 6.07) is 0. The highest BCUT2D eigenvalue weighted by Crippen LogP contribution is 2.29. The van der Waals surface area contributed by atoms with Gasteiger partial charge in [-0.1, -0.05) is 46.0 Å². The van der Waals surface area contributed by atoms with Crippen molar-refractivity contribution in [3.8, 4) is 0 Å². The monoisotopic (exact) mass is 268 g/mol. The minimum atomic E-state index is 0.169. The summed E-state index contributed by atoms with van der Waals surface area (Å²) >= 11 is 0. The lowest BCUT2D eigenvalue weighted by Gasteiger charge is -2.30. The van der Waals surface area contributed by atoms with Crippen LogP contribution in [0.3, 0.4) is 0 Å². The number of hydrogen-bond acceptors (Lipinski definition) is 2. The zero-order valence-electron chi connectivity index (χ0n) is 12.8. The van der Waals surface area contributed by atoms with Gasteiger partial charge in [0, 0.05) is 12.5 Å². The van der Waals surface area contributed by atoms with Crippen LogP contribution in [0, 0.1) is 17.8 Å². The van der Waals surface area contributed by atoms with Gasteiger partial charge in [0.2, 0.25) is 5.91 Å². The van der Waals surface area contributed by atoms with Crippen molar-refractivity contribution in [2.24, 2.45) is 23.5 Å². The van der Waals surface area contributed by atoms with Crippen LogP contribution in [0.2, 0.25) is 0 Å². The van der Waals surface area contributed by atoms with Crippen molar-refractivity contribution in [2.45, 2.75) is 65.2 Å². The van der Waals surface area contributed by atoms with E-state index in [1.54, 1.807) is 0 Å². The molecule has 0 aliphatic heterocycles. The summed E-state index contributed by atoms with van der Waals surface area (Å²) < 4.78 is 0. The van der Waals surface area contributed by atoms with E-state index in [2.05, 4.69) is 19.2 Å². The number of nitrogens with one attached hydrogen (secondary N) is 1. The van der Waals surface area contributed by atoms with Gasteiger partial charge in [-0.2, -0.15) is 0 Å². The van der Waals surface area contributed by atoms with Crippen LogP contribution in [0.4, 0.5) is 0 Å². The molecule has 3 N–H and O–H groups in total. The molecule has 0 spiro atoms. The first kappa shape index (κ1) is 16.5. The van der Waals surface area contributed by atoms with E-state index < -0.39 is 0 Å². The molecule has 1 aliphatic carbocycles. The molecule has 1 rings (SSSR count). The Bertz CT molecular complexity index is 255. The maximum absolute atomic E-state index is 12.3. The first-order valence-electron chi connectivity index (χ1n) is 8.20. The molecule has 3 atom stereocenters. The van der Waals surface area contributed by atoms with Crippen molar-refractivity contribution in [2.75, 3.05) is 13.1 Å². The molecule has 0 radical (unpaired) electrons. The highest BCUT2D eigenvalue weighted by Gasteiger charge is 2.29. The molecule has 0 bridgehead atoms. The molecule has 0 aromatic rings. The van der Waals surface area contributed by atoms with Gasteiger partial charge >= 0.3 is 0 Å². The van der Waals surface area contributed by atoms with Gasteiger partial charge in [0.1, 0.15) is 0 Å². The molecule has 1 amide bonds. The number of rotatable bonds is 8. The quantitative estimate of drug-likeness (QED) is 0.711. The lowest BCUT2D eigenvalue weighted by molar-refractivity contribution is -0.127. The molecule has 3 nitrogen and oxygen atoms in total. The predicted molar refractivity (Wildman–Crippen MR) is 80.8 cm³/mol. The Balaban J connectivity index is 2.35. The van der Waals surface area contributed by atoms with Crippen molar-refractivity contribution < 1.29 is 4.79 Å². The van der Waals surface area contributed by atoms with E-state index in [1.807, 2.05) is 0 Å². The lowest BCUT2D eigenvalue weighted by Crippen LogP contribution is -2.41. The Morgan fingerprint density at radius 1 is 1.32 bits per heavy atom. The van der Waals surface area contributed by atoms with Crippen molar-refractivity contribution in [1.29, 1.82) is 0 Å². The number of amides is 1. The zero-order chi connectivity index (χ0) is 14.1. The van der Waals surface area contributed by atoms with Crippen LogP contribution in [0.5, 0.6) is 0 Å². The Morgan fingerprint density at radius 3 is 2.68 bits per heavy atom. The van der Waals surface area contributed by atoms with Crippen molar-refractivity contribution in [3.63, 3.8) is 0 Å². The largest absolute Gasteiger partial charge is 0.356 e. The fourth-order valence-electron chi connectivity index (χ4n) is 3.15. The van der Waals surface area contributed by atoms with Crippen LogP contribution in [0.15, 0.2) is 0 Å². The smallest absolute Gasteiger partial charge is 0.223 e. The van der Waals surface area contributed by atoms with Gasteiger partial charge in [-0.05, 0) is 37.6 Å². The molecule has 1 fully saturated rings. The summed E-state index contributed by atoms with van der Waals surface area (Å²) in [7, 11) is 0. The molecule has 3 unspecified atom stereocenters. The van der Waals surface area contributed by atoms with Crippen LogP contribution in [-0.4, -0.2) is 19.0 Å². The standard InChI is InChI=1S/C16H32N2O/c1-3-5-8-13(4-2)12-18-16(19)15-10-7-6-9-14(15)11-17/h13-15H,3-12,17H2,1-2H3,(H,18,19). The summed E-state index contributed by atoms with van der Waals surface area (Å²) in [5, 5.41) is 3.18. The SMILES string of the molecule is CCCCC(CC)CNC(=O)C1CCCCC1CN. The third-order valence-electron chi connectivity index (χ3n) is 4.66. The predicted octanol–water partition coefficient (Wildman–Crippen LogP) is 3.08. The fourth-order valence-corrected chi connectivity index (χ4v) is 3.15. The lowest BCUT2D eigenvalue weighted by atomic mass is 9.78. The number of unbranched alkanes of at least 4 members (excludes halogenated alkanes) is 1. The maximum atomic E-state index is 12.3. The highest BCUT2D eigenvalue weighted by atomic mass is 16.1. The Hall–Kier alpha value is -0.570. The van der Waals surface area contributed by atoms with Gasteiger partial charge in [-0.25, -0.2) is 0 Å². The molecule has 19 heavy (non-hydrogen) atoms. The molecule has 0 aromatic heterocycles. The fraction of sp³-hybridized carbons (Fsp3) is 0.938. The van der Waals surface area contributed by atoms with E-state index in [9.17, 15) is 4.79 Å². The molecule has 3 heteroatoms. The minimum absolute atomic E-state index is 0.169. The van der Waals surface area contributed by atoms with Gasteiger partial charge < -0.3 is 11.1 Å².